The van der Waals surface area contributed by atoms with Gasteiger partial charge in [0.25, 0.3) is 0 Å². The summed E-state index contributed by atoms with van der Waals surface area (Å²) in [5, 5.41) is 3.67. The Balaban J connectivity index is 1.69. The Kier molecular flexibility index (Phi) is 5.89. The number of hydrogen-bond donors (Lipinski definition) is 1. The topological polar surface area (TPSA) is 24.5 Å². The first-order valence-electron chi connectivity index (χ1n) is 8.91. The van der Waals surface area contributed by atoms with E-state index in [-0.39, 0.29) is 0 Å². The van der Waals surface area contributed by atoms with Crippen molar-refractivity contribution in [1.82, 2.24) is 10.2 Å². The molecule has 1 aliphatic rings. The second-order valence-corrected chi connectivity index (χ2v) is 6.59. The van der Waals surface area contributed by atoms with Crippen LogP contribution in [0, 0.1) is 6.92 Å². The zero-order chi connectivity index (χ0) is 16.8. The van der Waals surface area contributed by atoms with Crippen LogP contribution < -0.4 is 10.1 Å². The summed E-state index contributed by atoms with van der Waals surface area (Å²) < 4.78 is 5.42. The molecule has 0 bridgehead atoms. The zero-order valence-electron chi connectivity index (χ0n) is 14.8. The highest BCUT2D eigenvalue weighted by molar-refractivity contribution is 5.31. The molecule has 2 aromatic carbocycles. The number of ether oxygens (including phenoxy) is 1. The minimum atomic E-state index is 0.409. The van der Waals surface area contributed by atoms with E-state index in [1.54, 1.807) is 7.11 Å². The first kappa shape index (κ1) is 17.0. The van der Waals surface area contributed by atoms with Gasteiger partial charge in [0, 0.05) is 19.1 Å². The molecule has 1 unspecified atom stereocenters. The third-order valence-electron chi connectivity index (χ3n) is 4.97. The third-order valence-corrected chi connectivity index (χ3v) is 4.97. The number of aryl methyl sites for hydroxylation is 1. The average molecular weight is 324 g/mol. The molecule has 0 aromatic heterocycles. The standard InChI is InChI=1S/C21H28N2O/c1-17-8-3-4-9-19(17)15-22-16-21(23-12-5-6-13-23)18-10-7-11-20(14-18)24-2/h3-4,7-11,14,21-22H,5-6,12-13,15-16H2,1-2H3. The molecule has 1 saturated heterocycles. The maximum atomic E-state index is 5.42. The van der Waals surface area contributed by atoms with E-state index in [0.29, 0.717) is 6.04 Å². The number of hydrogen-bond acceptors (Lipinski definition) is 3. The molecule has 1 atom stereocenters. The van der Waals surface area contributed by atoms with Crippen molar-refractivity contribution in [2.24, 2.45) is 0 Å². The van der Waals surface area contributed by atoms with Gasteiger partial charge in [-0.05, 0) is 61.7 Å². The van der Waals surface area contributed by atoms with Crippen LogP contribution in [0.2, 0.25) is 0 Å². The number of rotatable bonds is 7. The molecular formula is C21H28N2O. The first-order valence-corrected chi connectivity index (χ1v) is 8.91. The van der Waals surface area contributed by atoms with Crippen molar-refractivity contribution in [1.29, 1.82) is 0 Å². The molecule has 3 nitrogen and oxygen atoms in total. The molecule has 1 heterocycles. The van der Waals surface area contributed by atoms with Gasteiger partial charge in [-0.2, -0.15) is 0 Å². The molecule has 1 aliphatic heterocycles. The van der Waals surface area contributed by atoms with Gasteiger partial charge in [-0.25, -0.2) is 0 Å². The summed E-state index contributed by atoms with van der Waals surface area (Å²) >= 11 is 0. The summed E-state index contributed by atoms with van der Waals surface area (Å²) in [6.45, 7) is 6.43. The van der Waals surface area contributed by atoms with E-state index in [1.807, 2.05) is 6.07 Å². The van der Waals surface area contributed by atoms with Crippen molar-refractivity contribution < 1.29 is 4.74 Å². The zero-order valence-corrected chi connectivity index (χ0v) is 14.8. The molecule has 0 spiro atoms. The second-order valence-electron chi connectivity index (χ2n) is 6.59. The van der Waals surface area contributed by atoms with Gasteiger partial charge in [0.05, 0.1) is 7.11 Å². The molecule has 0 radical (unpaired) electrons. The highest BCUT2D eigenvalue weighted by Gasteiger charge is 2.23. The number of likely N-dealkylation sites (tertiary alicyclic amines) is 1. The van der Waals surface area contributed by atoms with Gasteiger partial charge in [-0.3, -0.25) is 4.90 Å². The van der Waals surface area contributed by atoms with E-state index < -0.39 is 0 Å². The summed E-state index contributed by atoms with van der Waals surface area (Å²) in [7, 11) is 1.74. The van der Waals surface area contributed by atoms with Gasteiger partial charge in [0.1, 0.15) is 5.75 Å². The molecule has 0 aliphatic carbocycles. The number of nitrogens with zero attached hydrogens (tertiary/aromatic N) is 1. The van der Waals surface area contributed by atoms with E-state index in [4.69, 9.17) is 4.74 Å². The monoisotopic (exact) mass is 324 g/mol. The molecule has 2 aromatic rings. The van der Waals surface area contributed by atoms with Crippen LogP contribution in [0.15, 0.2) is 48.5 Å². The Morgan fingerprint density at radius 1 is 1.08 bits per heavy atom. The van der Waals surface area contributed by atoms with E-state index in [0.717, 1.165) is 18.8 Å². The fourth-order valence-corrected chi connectivity index (χ4v) is 3.51. The molecule has 1 N–H and O–H groups in total. The van der Waals surface area contributed by atoms with Crippen molar-refractivity contribution in [2.45, 2.75) is 32.4 Å². The lowest BCUT2D eigenvalue weighted by Crippen LogP contribution is -2.34. The molecule has 1 fully saturated rings. The molecule has 24 heavy (non-hydrogen) atoms. The van der Waals surface area contributed by atoms with Crippen molar-refractivity contribution in [2.75, 3.05) is 26.7 Å². The Bertz CT molecular complexity index is 650. The van der Waals surface area contributed by atoms with Crippen LogP contribution in [0.1, 0.15) is 35.6 Å². The Hall–Kier alpha value is -1.84. The lowest BCUT2D eigenvalue weighted by atomic mass is 10.0. The molecule has 3 heteroatoms. The quantitative estimate of drug-likeness (QED) is 0.835. The first-order chi connectivity index (χ1) is 11.8. The van der Waals surface area contributed by atoms with Crippen LogP contribution >= 0.6 is 0 Å². The van der Waals surface area contributed by atoms with Gasteiger partial charge in [0.15, 0.2) is 0 Å². The van der Waals surface area contributed by atoms with Crippen LogP contribution in [0.4, 0.5) is 0 Å². The number of benzene rings is 2. The van der Waals surface area contributed by atoms with Crippen molar-refractivity contribution in [3.8, 4) is 5.75 Å². The van der Waals surface area contributed by atoms with Crippen LogP contribution in [-0.4, -0.2) is 31.6 Å². The fourth-order valence-electron chi connectivity index (χ4n) is 3.51. The normalized spacial score (nSPS) is 16.2. The maximum absolute atomic E-state index is 5.42. The summed E-state index contributed by atoms with van der Waals surface area (Å²) in [5.74, 6) is 0.940. The number of nitrogens with one attached hydrogen (secondary N) is 1. The minimum absolute atomic E-state index is 0.409. The maximum Gasteiger partial charge on any atom is 0.119 e. The molecule has 0 saturated carbocycles. The largest absolute Gasteiger partial charge is 0.497 e. The third kappa shape index (κ3) is 4.16. The van der Waals surface area contributed by atoms with Gasteiger partial charge in [-0.1, -0.05) is 36.4 Å². The fraction of sp³-hybridized carbons (Fsp3) is 0.429. The summed E-state index contributed by atoms with van der Waals surface area (Å²) in [5.41, 5.74) is 4.07. The Labute approximate surface area is 145 Å². The molecule has 3 rings (SSSR count). The highest BCUT2D eigenvalue weighted by Crippen LogP contribution is 2.27. The lowest BCUT2D eigenvalue weighted by molar-refractivity contribution is 0.238. The van der Waals surface area contributed by atoms with E-state index >= 15 is 0 Å². The van der Waals surface area contributed by atoms with Crippen molar-refractivity contribution >= 4 is 0 Å². The van der Waals surface area contributed by atoms with Crippen LogP contribution in [0.25, 0.3) is 0 Å². The smallest absolute Gasteiger partial charge is 0.119 e. The second kappa shape index (κ2) is 8.32. The highest BCUT2D eigenvalue weighted by atomic mass is 16.5. The summed E-state index contributed by atoms with van der Waals surface area (Å²) in [6.07, 6.45) is 2.61. The van der Waals surface area contributed by atoms with Crippen LogP contribution in [0.3, 0.4) is 0 Å². The Morgan fingerprint density at radius 2 is 1.88 bits per heavy atom. The van der Waals surface area contributed by atoms with Crippen molar-refractivity contribution in [3.63, 3.8) is 0 Å². The van der Waals surface area contributed by atoms with Gasteiger partial charge in [0.2, 0.25) is 0 Å². The Morgan fingerprint density at radius 3 is 2.62 bits per heavy atom. The van der Waals surface area contributed by atoms with Crippen LogP contribution in [0.5, 0.6) is 5.75 Å². The molecule has 0 amide bonds. The predicted molar refractivity (Wildman–Crippen MR) is 99.4 cm³/mol. The van der Waals surface area contributed by atoms with Crippen LogP contribution in [-0.2, 0) is 6.54 Å². The lowest BCUT2D eigenvalue weighted by Gasteiger charge is -2.28. The minimum Gasteiger partial charge on any atom is -0.497 e. The SMILES string of the molecule is COc1cccc(C(CNCc2ccccc2C)N2CCCC2)c1. The van der Waals surface area contributed by atoms with E-state index in [9.17, 15) is 0 Å². The number of methoxy groups -OCH3 is 1. The van der Waals surface area contributed by atoms with Gasteiger partial charge in [-0.15, -0.1) is 0 Å². The van der Waals surface area contributed by atoms with Crippen molar-refractivity contribution in [3.05, 3.63) is 65.2 Å². The van der Waals surface area contributed by atoms with Gasteiger partial charge < -0.3 is 10.1 Å². The van der Waals surface area contributed by atoms with Gasteiger partial charge >= 0.3 is 0 Å². The predicted octanol–water partition coefficient (Wildman–Crippen LogP) is 3.93. The average Bonchev–Trinajstić information content (AvgIpc) is 3.14. The molecular weight excluding hydrogens is 296 g/mol. The summed E-state index contributed by atoms with van der Waals surface area (Å²) in [6, 6.07) is 17.5. The molecule has 128 valence electrons. The van der Waals surface area contributed by atoms with E-state index in [1.165, 1.54) is 42.6 Å². The van der Waals surface area contributed by atoms with E-state index in [2.05, 4.69) is 59.6 Å². The summed E-state index contributed by atoms with van der Waals surface area (Å²) in [4.78, 5) is 2.60.